The van der Waals surface area contributed by atoms with Gasteiger partial charge in [0.1, 0.15) is 0 Å². The summed E-state index contributed by atoms with van der Waals surface area (Å²) in [5.74, 6) is 0.0431. The summed E-state index contributed by atoms with van der Waals surface area (Å²) >= 11 is 0. The third-order valence-corrected chi connectivity index (χ3v) is 3.43. The summed E-state index contributed by atoms with van der Waals surface area (Å²) in [5, 5.41) is 2.91. The molecule has 1 unspecified atom stereocenters. The van der Waals surface area contributed by atoms with E-state index in [1.165, 1.54) is 6.42 Å². The van der Waals surface area contributed by atoms with Gasteiger partial charge in [0.25, 0.3) is 0 Å². The van der Waals surface area contributed by atoms with Crippen molar-refractivity contribution in [2.24, 2.45) is 5.73 Å². The van der Waals surface area contributed by atoms with E-state index in [0.717, 1.165) is 25.1 Å². The Morgan fingerprint density at radius 1 is 1.33 bits per heavy atom. The fraction of sp³-hybridized carbons (Fsp3) is 0.500. The maximum atomic E-state index is 11.9. The Morgan fingerprint density at radius 3 is 2.83 bits per heavy atom. The monoisotopic (exact) mass is 247 g/mol. The molecule has 4 heteroatoms. The second-order valence-corrected chi connectivity index (χ2v) is 4.77. The third-order valence-electron chi connectivity index (χ3n) is 3.43. The highest BCUT2D eigenvalue weighted by Crippen LogP contribution is 2.16. The van der Waals surface area contributed by atoms with Crippen molar-refractivity contribution in [3.05, 3.63) is 30.3 Å². The third kappa shape index (κ3) is 3.55. The molecule has 1 heterocycles. The molecule has 1 amide bonds. The van der Waals surface area contributed by atoms with Crippen molar-refractivity contribution in [3.8, 4) is 0 Å². The quantitative estimate of drug-likeness (QED) is 0.846. The first-order valence-corrected chi connectivity index (χ1v) is 6.58. The molecule has 0 aromatic heterocycles. The number of hydrogen-bond donors (Lipinski definition) is 2. The van der Waals surface area contributed by atoms with Crippen LogP contribution in [0.5, 0.6) is 0 Å². The van der Waals surface area contributed by atoms with Crippen molar-refractivity contribution < 1.29 is 4.79 Å². The van der Waals surface area contributed by atoms with Crippen LogP contribution in [0.3, 0.4) is 0 Å². The second-order valence-electron chi connectivity index (χ2n) is 4.77. The summed E-state index contributed by atoms with van der Waals surface area (Å²) in [6.07, 6.45) is 3.49. The molecule has 1 aliphatic heterocycles. The Morgan fingerprint density at radius 2 is 2.11 bits per heavy atom. The Hall–Kier alpha value is -1.39. The highest BCUT2D eigenvalue weighted by Gasteiger charge is 2.22. The van der Waals surface area contributed by atoms with Crippen LogP contribution in [-0.4, -0.2) is 36.5 Å². The van der Waals surface area contributed by atoms with E-state index >= 15 is 0 Å². The topological polar surface area (TPSA) is 58.4 Å². The van der Waals surface area contributed by atoms with Crippen LogP contribution in [0, 0.1) is 0 Å². The molecule has 1 fully saturated rings. The van der Waals surface area contributed by atoms with E-state index in [9.17, 15) is 4.79 Å². The number of piperidine rings is 1. The number of hydrogen-bond acceptors (Lipinski definition) is 3. The van der Waals surface area contributed by atoms with E-state index in [1.54, 1.807) is 0 Å². The number of likely N-dealkylation sites (tertiary alicyclic amines) is 1. The van der Waals surface area contributed by atoms with Gasteiger partial charge in [0.15, 0.2) is 0 Å². The minimum Gasteiger partial charge on any atom is -0.329 e. The van der Waals surface area contributed by atoms with Gasteiger partial charge in [0, 0.05) is 18.3 Å². The molecule has 4 nitrogen and oxygen atoms in total. The molecular formula is C14H21N3O. The molecule has 1 atom stereocenters. The lowest BCUT2D eigenvalue weighted by atomic mass is 10.0. The smallest absolute Gasteiger partial charge is 0.238 e. The lowest BCUT2D eigenvalue weighted by Crippen LogP contribution is -2.47. The molecule has 0 saturated carbocycles. The average Bonchev–Trinajstić information content (AvgIpc) is 2.40. The maximum absolute atomic E-state index is 11.9. The van der Waals surface area contributed by atoms with E-state index in [-0.39, 0.29) is 5.91 Å². The normalized spacial score (nSPS) is 20.6. The average molecular weight is 247 g/mol. The summed E-state index contributed by atoms with van der Waals surface area (Å²) < 4.78 is 0. The maximum Gasteiger partial charge on any atom is 0.238 e. The summed E-state index contributed by atoms with van der Waals surface area (Å²) in [4.78, 5) is 14.1. The first-order valence-electron chi connectivity index (χ1n) is 6.58. The van der Waals surface area contributed by atoms with Gasteiger partial charge in [-0.05, 0) is 31.5 Å². The van der Waals surface area contributed by atoms with Gasteiger partial charge >= 0.3 is 0 Å². The van der Waals surface area contributed by atoms with Gasteiger partial charge in [-0.3, -0.25) is 9.69 Å². The zero-order valence-corrected chi connectivity index (χ0v) is 10.6. The first-order chi connectivity index (χ1) is 8.79. The lowest BCUT2D eigenvalue weighted by molar-refractivity contribution is -0.118. The van der Waals surface area contributed by atoms with E-state index in [0.29, 0.717) is 19.1 Å². The fourth-order valence-corrected chi connectivity index (χ4v) is 2.44. The fourth-order valence-electron chi connectivity index (χ4n) is 2.44. The number of amides is 1. The predicted octanol–water partition coefficient (Wildman–Crippen LogP) is 1.44. The summed E-state index contributed by atoms with van der Waals surface area (Å²) in [6, 6.07) is 9.92. The largest absolute Gasteiger partial charge is 0.329 e. The number of anilines is 1. The van der Waals surface area contributed by atoms with Crippen molar-refractivity contribution in [3.63, 3.8) is 0 Å². The van der Waals surface area contributed by atoms with Crippen LogP contribution in [0.4, 0.5) is 5.69 Å². The number of carbonyl (C=O) groups excluding carboxylic acids is 1. The molecule has 1 aliphatic rings. The number of benzene rings is 1. The summed E-state index contributed by atoms with van der Waals surface area (Å²) in [5.41, 5.74) is 6.60. The summed E-state index contributed by atoms with van der Waals surface area (Å²) in [7, 11) is 0. The molecule has 1 aromatic carbocycles. The Labute approximate surface area is 108 Å². The van der Waals surface area contributed by atoms with Crippen LogP contribution in [-0.2, 0) is 4.79 Å². The van der Waals surface area contributed by atoms with Gasteiger partial charge in [0.2, 0.25) is 5.91 Å². The van der Waals surface area contributed by atoms with Gasteiger partial charge in [-0.25, -0.2) is 0 Å². The van der Waals surface area contributed by atoms with Crippen LogP contribution < -0.4 is 11.1 Å². The van der Waals surface area contributed by atoms with Crippen LogP contribution in [0.25, 0.3) is 0 Å². The molecule has 1 aromatic rings. The van der Waals surface area contributed by atoms with Crippen LogP contribution in [0.2, 0.25) is 0 Å². The van der Waals surface area contributed by atoms with Crippen molar-refractivity contribution in [1.82, 2.24) is 4.90 Å². The minimum absolute atomic E-state index is 0.0431. The number of carbonyl (C=O) groups is 1. The molecule has 98 valence electrons. The molecule has 0 aliphatic carbocycles. The van der Waals surface area contributed by atoms with Gasteiger partial charge in [-0.15, -0.1) is 0 Å². The van der Waals surface area contributed by atoms with Crippen molar-refractivity contribution >= 4 is 11.6 Å². The van der Waals surface area contributed by atoms with Gasteiger partial charge < -0.3 is 11.1 Å². The molecule has 0 spiro atoms. The van der Waals surface area contributed by atoms with Crippen LogP contribution in [0.1, 0.15) is 19.3 Å². The lowest BCUT2D eigenvalue weighted by Gasteiger charge is -2.34. The van der Waals surface area contributed by atoms with E-state index < -0.39 is 0 Å². The highest BCUT2D eigenvalue weighted by atomic mass is 16.2. The van der Waals surface area contributed by atoms with Gasteiger partial charge in [-0.1, -0.05) is 24.6 Å². The summed E-state index contributed by atoms with van der Waals surface area (Å²) in [6.45, 7) is 2.06. The van der Waals surface area contributed by atoms with E-state index in [1.807, 2.05) is 30.3 Å². The Balaban J connectivity index is 1.86. The molecule has 2 rings (SSSR count). The number of nitrogens with zero attached hydrogens (tertiary/aromatic N) is 1. The SMILES string of the molecule is NCC1CCCCN1CC(=O)Nc1ccccc1. The number of para-hydroxylation sites is 1. The minimum atomic E-state index is 0.0431. The molecule has 0 radical (unpaired) electrons. The van der Waals surface area contributed by atoms with Crippen molar-refractivity contribution in [2.45, 2.75) is 25.3 Å². The molecule has 0 bridgehead atoms. The van der Waals surface area contributed by atoms with Crippen molar-refractivity contribution in [1.29, 1.82) is 0 Å². The Kier molecular flexibility index (Phi) is 4.73. The standard InChI is InChI=1S/C14H21N3O/c15-10-13-8-4-5-9-17(13)11-14(18)16-12-6-2-1-3-7-12/h1-3,6-7,13H,4-5,8-11,15H2,(H,16,18). The molecule has 1 saturated heterocycles. The van der Waals surface area contributed by atoms with Crippen LogP contribution in [0.15, 0.2) is 30.3 Å². The molecule has 3 N–H and O–H groups in total. The predicted molar refractivity (Wildman–Crippen MR) is 73.3 cm³/mol. The second kappa shape index (κ2) is 6.52. The zero-order valence-electron chi connectivity index (χ0n) is 10.6. The van der Waals surface area contributed by atoms with E-state index in [2.05, 4.69) is 10.2 Å². The number of rotatable bonds is 4. The van der Waals surface area contributed by atoms with Crippen LogP contribution >= 0.6 is 0 Å². The number of nitrogens with two attached hydrogens (primary N) is 1. The first kappa shape index (κ1) is 13.1. The van der Waals surface area contributed by atoms with Gasteiger partial charge in [-0.2, -0.15) is 0 Å². The van der Waals surface area contributed by atoms with Gasteiger partial charge in [0.05, 0.1) is 6.54 Å². The highest BCUT2D eigenvalue weighted by molar-refractivity contribution is 5.92. The van der Waals surface area contributed by atoms with Crippen molar-refractivity contribution in [2.75, 3.05) is 25.0 Å². The number of nitrogens with one attached hydrogen (secondary N) is 1. The molecule has 18 heavy (non-hydrogen) atoms. The molecular weight excluding hydrogens is 226 g/mol. The Bertz CT molecular complexity index is 380. The zero-order chi connectivity index (χ0) is 12.8. The van der Waals surface area contributed by atoms with E-state index in [4.69, 9.17) is 5.73 Å².